The zero-order chi connectivity index (χ0) is 16.9. The molecule has 1 aliphatic carbocycles. The molecule has 1 N–H and O–H groups in total. The predicted octanol–water partition coefficient (Wildman–Crippen LogP) is 2.02. The van der Waals surface area contributed by atoms with Gasteiger partial charge in [0.2, 0.25) is 11.8 Å². The Morgan fingerprint density at radius 3 is 2.42 bits per heavy atom. The Balaban J connectivity index is 1.48. The molecule has 2 saturated heterocycles. The molecule has 0 spiro atoms. The third kappa shape index (κ3) is 4.50. The molecule has 0 aromatic heterocycles. The van der Waals surface area contributed by atoms with E-state index in [4.69, 9.17) is 0 Å². The summed E-state index contributed by atoms with van der Waals surface area (Å²) in [6.45, 7) is 6.16. The average molecular weight is 335 g/mol. The van der Waals surface area contributed by atoms with Gasteiger partial charge in [-0.3, -0.25) is 9.59 Å². The van der Waals surface area contributed by atoms with Crippen molar-refractivity contribution in [2.45, 2.75) is 64.3 Å². The lowest BCUT2D eigenvalue weighted by molar-refractivity contribution is -0.137. The lowest BCUT2D eigenvalue weighted by Crippen LogP contribution is -2.45. The lowest BCUT2D eigenvalue weighted by Gasteiger charge is -2.31. The molecule has 3 aliphatic rings. The van der Waals surface area contributed by atoms with Crippen LogP contribution >= 0.6 is 0 Å². The smallest absolute Gasteiger partial charge is 0.225 e. The van der Waals surface area contributed by atoms with E-state index in [1.807, 2.05) is 9.80 Å². The summed E-state index contributed by atoms with van der Waals surface area (Å²) in [5, 5.41) is 3.41. The van der Waals surface area contributed by atoms with E-state index in [0.29, 0.717) is 30.3 Å². The number of nitrogens with one attached hydrogen (secondary N) is 1. The summed E-state index contributed by atoms with van der Waals surface area (Å²) in [5.74, 6) is 1.40. The molecule has 2 atom stereocenters. The number of hydrogen-bond acceptors (Lipinski definition) is 3. The van der Waals surface area contributed by atoms with E-state index in [1.54, 1.807) is 0 Å². The van der Waals surface area contributed by atoms with Crippen molar-refractivity contribution in [2.24, 2.45) is 11.8 Å². The summed E-state index contributed by atoms with van der Waals surface area (Å²) in [6.07, 6.45) is 8.55. The van der Waals surface area contributed by atoms with Crippen LogP contribution in [0.5, 0.6) is 0 Å². The first-order valence-corrected chi connectivity index (χ1v) is 9.93. The summed E-state index contributed by atoms with van der Waals surface area (Å²) in [4.78, 5) is 29.4. The Labute approximate surface area is 146 Å². The van der Waals surface area contributed by atoms with Crippen molar-refractivity contribution < 1.29 is 9.59 Å². The lowest BCUT2D eigenvalue weighted by atomic mass is 9.92. The van der Waals surface area contributed by atoms with Crippen molar-refractivity contribution in [3.05, 3.63) is 0 Å². The Morgan fingerprint density at radius 1 is 0.958 bits per heavy atom. The number of carbonyl (C=O) groups excluding carboxylic acids is 2. The standard InChI is InChI=1S/C19H33N3O2/c1-15-13-17(7-8-20-15)19(24)22-10-4-9-21(11-12-22)18(23)14-16-5-2-3-6-16/h15-17,20H,2-14H2,1H3/t15-,17-/m0/s1. The van der Waals surface area contributed by atoms with Crippen LogP contribution in [0.4, 0.5) is 0 Å². The summed E-state index contributed by atoms with van der Waals surface area (Å²) in [5.41, 5.74) is 0. The topological polar surface area (TPSA) is 52.7 Å². The molecule has 2 heterocycles. The van der Waals surface area contributed by atoms with Crippen LogP contribution in [0.2, 0.25) is 0 Å². The normalized spacial score (nSPS) is 29.5. The molecule has 3 rings (SSSR count). The maximum Gasteiger partial charge on any atom is 0.225 e. The second-order valence-electron chi connectivity index (χ2n) is 7.99. The molecular formula is C19H33N3O2. The van der Waals surface area contributed by atoms with Crippen LogP contribution in [-0.4, -0.2) is 60.4 Å². The first-order valence-electron chi connectivity index (χ1n) is 9.93. The number of hydrogen-bond donors (Lipinski definition) is 1. The van der Waals surface area contributed by atoms with Crippen molar-refractivity contribution in [1.82, 2.24) is 15.1 Å². The molecule has 2 aliphatic heterocycles. The molecule has 2 amide bonds. The van der Waals surface area contributed by atoms with Crippen LogP contribution in [-0.2, 0) is 9.59 Å². The van der Waals surface area contributed by atoms with Gasteiger partial charge in [0, 0.05) is 44.6 Å². The molecule has 24 heavy (non-hydrogen) atoms. The quantitative estimate of drug-likeness (QED) is 0.858. The van der Waals surface area contributed by atoms with E-state index in [-0.39, 0.29) is 5.92 Å². The summed E-state index contributed by atoms with van der Waals surface area (Å²) < 4.78 is 0. The molecule has 5 nitrogen and oxygen atoms in total. The Bertz CT molecular complexity index is 448. The van der Waals surface area contributed by atoms with Crippen LogP contribution in [0.1, 0.15) is 58.3 Å². The summed E-state index contributed by atoms with van der Waals surface area (Å²) >= 11 is 0. The molecule has 136 valence electrons. The van der Waals surface area contributed by atoms with Gasteiger partial charge in [-0.2, -0.15) is 0 Å². The molecule has 5 heteroatoms. The molecule has 0 aromatic carbocycles. The van der Waals surface area contributed by atoms with Crippen LogP contribution in [0.25, 0.3) is 0 Å². The molecule has 0 radical (unpaired) electrons. The van der Waals surface area contributed by atoms with E-state index in [9.17, 15) is 9.59 Å². The zero-order valence-electron chi connectivity index (χ0n) is 15.1. The Hall–Kier alpha value is -1.10. The van der Waals surface area contributed by atoms with Gasteiger partial charge in [-0.25, -0.2) is 0 Å². The van der Waals surface area contributed by atoms with Crippen LogP contribution in [0.3, 0.4) is 0 Å². The Morgan fingerprint density at radius 2 is 1.67 bits per heavy atom. The summed E-state index contributed by atoms with van der Waals surface area (Å²) in [7, 11) is 0. The van der Waals surface area contributed by atoms with Gasteiger partial charge in [0.1, 0.15) is 0 Å². The monoisotopic (exact) mass is 335 g/mol. The fourth-order valence-corrected chi connectivity index (χ4v) is 4.59. The highest BCUT2D eigenvalue weighted by Crippen LogP contribution is 2.28. The van der Waals surface area contributed by atoms with Gasteiger partial charge < -0.3 is 15.1 Å². The first kappa shape index (κ1) is 17.7. The number of amides is 2. The van der Waals surface area contributed by atoms with Gasteiger partial charge in [-0.15, -0.1) is 0 Å². The number of piperidine rings is 1. The Kier molecular flexibility index (Phi) is 6.14. The van der Waals surface area contributed by atoms with E-state index in [2.05, 4.69) is 12.2 Å². The van der Waals surface area contributed by atoms with E-state index in [1.165, 1.54) is 25.7 Å². The highest BCUT2D eigenvalue weighted by molar-refractivity contribution is 5.79. The van der Waals surface area contributed by atoms with Crippen molar-refractivity contribution in [2.75, 3.05) is 32.7 Å². The number of nitrogens with zero attached hydrogens (tertiary/aromatic N) is 2. The minimum absolute atomic E-state index is 0.169. The van der Waals surface area contributed by atoms with Crippen molar-refractivity contribution in [3.63, 3.8) is 0 Å². The minimum atomic E-state index is 0.169. The predicted molar refractivity (Wildman–Crippen MR) is 94.5 cm³/mol. The highest BCUT2D eigenvalue weighted by Gasteiger charge is 2.30. The van der Waals surface area contributed by atoms with Crippen LogP contribution in [0, 0.1) is 11.8 Å². The largest absolute Gasteiger partial charge is 0.341 e. The fraction of sp³-hybridized carbons (Fsp3) is 0.895. The van der Waals surface area contributed by atoms with Gasteiger partial charge >= 0.3 is 0 Å². The number of carbonyl (C=O) groups is 2. The van der Waals surface area contributed by atoms with Crippen molar-refractivity contribution >= 4 is 11.8 Å². The second-order valence-corrected chi connectivity index (χ2v) is 7.99. The molecule has 0 aromatic rings. The molecule has 0 bridgehead atoms. The first-order chi connectivity index (χ1) is 11.6. The van der Waals surface area contributed by atoms with E-state index in [0.717, 1.165) is 51.9 Å². The van der Waals surface area contributed by atoms with Gasteiger partial charge in [0.05, 0.1) is 0 Å². The minimum Gasteiger partial charge on any atom is -0.341 e. The molecule has 0 unspecified atom stereocenters. The SMILES string of the molecule is C[C@H]1C[C@@H](C(=O)N2CCCN(C(=O)CC3CCCC3)CC2)CCN1. The van der Waals surface area contributed by atoms with E-state index < -0.39 is 0 Å². The fourth-order valence-electron chi connectivity index (χ4n) is 4.59. The molecular weight excluding hydrogens is 302 g/mol. The highest BCUT2D eigenvalue weighted by atomic mass is 16.2. The second kappa shape index (κ2) is 8.32. The van der Waals surface area contributed by atoms with Gasteiger partial charge in [-0.05, 0) is 51.5 Å². The van der Waals surface area contributed by atoms with Gasteiger partial charge in [0.15, 0.2) is 0 Å². The van der Waals surface area contributed by atoms with Crippen molar-refractivity contribution in [3.8, 4) is 0 Å². The third-order valence-corrected chi connectivity index (χ3v) is 6.07. The number of rotatable bonds is 3. The molecule has 3 fully saturated rings. The van der Waals surface area contributed by atoms with E-state index >= 15 is 0 Å². The zero-order valence-corrected chi connectivity index (χ0v) is 15.1. The average Bonchev–Trinajstić information content (AvgIpc) is 2.95. The maximum absolute atomic E-state index is 12.8. The van der Waals surface area contributed by atoms with Gasteiger partial charge in [-0.1, -0.05) is 12.8 Å². The third-order valence-electron chi connectivity index (χ3n) is 6.07. The van der Waals surface area contributed by atoms with Crippen molar-refractivity contribution in [1.29, 1.82) is 0 Å². The van der Waals surface area contributed by atoms with Gasteiger partial charge in [0.25, 0.3) is 0 Å². The molecule has 1 saturated carbocycles. The maximum atomic E-state index is 12.8. The van der Waals surface area contributed by atoms with Crippen LogP contribution < -0.4 is 5.32 Å². The van der Waals surface area contributed by atoms with Crippen LogP contribution in [0.15, 0.2) is 0 Å². The summed E-state index contributed by atoms with van der Waals surface area (Å²) in [6, 6.07) is 0.434.